The van der Waals surface area contributed by atoms with Crippen LogP contribution >= 0.6 is 0 Å². The molecule has 0 unspecified atom stereocenters. The molecule has 2 aromatic carbocycles. The number of hydrogen-bond acceptors (Lipinski definition) is 3. The fraction of sp³-hybridized carbons (Fsp3) is 0.235. The van der Waals surface area contributed by atoms with Gasteiger partial charge in [-0.2, -0.15) is 0 Å². The first-order valence-electron chi connectivity index (χ1n) is 7.18. The van der Waals surface area contributed by atoms with Gasteiger partial charge in [0, 0.05) is 17.7 Å². The maximum absolute atomic E-state index is 11.8. The molecule has 21 heavy (non-hydrogen) atoms. The molecule has 0 radical (unpaired) electrons. The largest absolute Gasteiger partial charge is 0.493 e. The Morgan fingerprint density at radius 3 is 2.86 bits per heavy atom. The Balaban J connectivity index is 2.13. The van der Waals surface area contributed by atoms with Gasteiger partial charge < -0.3 is 4.74 Å². The highest BCUT2D eigenvalue weighted by Crippen LogP contribution is 2.30. The molecular weight excluding hydrogens is 264 g/mol. The lowest BCUT2D eigenvalue weighted by atomic mass is 10.0. The summed E-state index contributed by atoms with van der Waals surface area (Å²) in [5, 5.41) is 2.23. The third-order valence-corrected chi connectivity index (χ3v) is 3.48. The molecule has 4 nitrogen and oxygen atoms in total. The molecule has 1 aliphatic rings. The molecule has 0 aliphatic carbocycles. The third-order valence-electron chi connectivity index (χ3n) is 3.48. The lowest BCUT2D eigenvalue weighted by Crippen LogP contribution is -2.25. The minimum absolute atomic E-state index is 0.0793. The molecule has 1 heterocycles. The van der Waals surface area contributed by atoms with Gasteiger partial charge >= 0.3 is 0 Å². The van der Waals surface area contributed by atoms with Crippen molar-refractivity contribution < 1.29 is 9.53 Å². The van der Waals surface area contributed by atoms with Crippen LogP contribution in [-0.2, 0) is 4.79 Å². The van der Waals surface area contributed by atoms with Gasteiger partial charge in [0.1, 0.15) is 5.75 Å². The van der Waals surface area contributed by atoms with E-state index >= 15 is 0 Å². The normalized spacial score (nSPS) is 16.4. The van der Waals surface area contributed by atoms with Crippen molar-refractivity contribution in [3.63, 3.8) is 0 Å². The number of fused-ring (bicyclic) bond motifs is 1. The molecule has 1 aliphatic heterocycles. The minimum atomic E-state index is -0.0793. The first-order chi connectivity index (χ1) is 10.3. The summed E-state index contributed by atoms with van der Waals surface area (Å²) >= 11 is 0. The van der Waals surface area contributed by atoms with Crippen molar-refractivity contribution in [1.29, 1.82) is 0 Å². The number of benzene rings is 2. The van der Waals surface area contributed by atoms with Crippen LogP contribution in [0.3, 0.4) is 0 Å². The molecule has 0 atom stereocenters. The molecule has 3 rings (SSSR count). The second kappa shape index (κ2) is 5.97. The van der Waals surface area contributed by atoms with Crippen LogP contribution in [0, 0.1) is 0 Å². The highest BCUT2D eigenvalue weighted by Gasteiger charge is 2.17. The monoisotopic (exact) mass is 282 g/mol. The lowest BCUT2D eigenvalue weighted by Gasteiger charge is -2.12. The average Bonchev–Trinajstić information content (AvgIpc) is 2.91. The second-order valence-corrected chi connectivity index (χ2v) is 5.02. The van der Waals surface area contributed by atoms with Crippen LogP contribution in [-0.4, -0.2) is 19.1 Å². The molecule has 0 aromatic heterocycles. The Kier molecular flexibility index (Phi) is 3.88. The Morgan fingerprint density at radius 2 is 2.10 bits per heavy atom. The van der Waals surface area contributed by atoms with Gasteiger partial charge in [0.15, 0.2) is 0 Å². The molecule has 2 N–H and O–H groups in total. The second-order valence-electron chi connectivity index (χ2n) is 5.02. The van der Waals surface area contributed by atoms with Crippen molar-refractivity contribution in [3.8, 4) is 5.75 Å². The zero-order valence-electron chi connectivity index (χ0n) is 12.0. The molecule has 4 heteroatoms. The topological polar surface area (TPSA) is 50.4 Å². The zero-order valence-corrected chi connectivity index (χ0v) is 12.0. The van der Waals surface area contributed by atoms with Crippen LogP contribution < -0.4 is 15.6 Å². The van der Waals surface area contributed by atoms with Crippen molar-refractivity contribution in [2.75, 3.05) is 13.2 Å². The fourth-order valence-corrected chi connectivity index (χ4v) is 2.43. The number of amides is 1. The van der Waals surface area contributed by atoms with Crippen LogP contribution in [0.25, 0.3) is 16.8 Å². The summed E-state index contributed by atoms with van der Waals surface area (Å²) in [6.07, 6.45) is 2.87. The van der Waals surface area contributed by atoms with Gasteiger partial charge in [-0.15, -0.1) is 0 Å². The van der Waals surface area contributed by atoms with E-state index in [1.807, 2.05) is 24.3 Å². The number of hydrogen-bond donors (Lipinski definition) is 2. The molecule has 0 spiro atoms. The van der Waals surface area contributed by atoms with E-state index in [2.05, 4.69) is 36.0 Å². The summed E-state index contributed by atoms with van der Waals surface area (Å²) in [4.78, 5) is 11.8. The van der Waals surface area contributed by atoms with E-state index in [9.17, 15) is 4.79 Å². The molecule has 1 amide bonds. The van der Waals surface area contributed by atoms with Crippen LogP contribution in [0.5, 0.6) is 5.75 Å². The fourth-order valence-electron chi connectivity index (χ4n) is 2.43. The van der Waals surface area contributed by atoms with Crippen molar-refractivity contribution >= 4 is 22.8 Å². The number of hydrazine groups is 1. The SMILES string of the molecule is CCCOc1ccc2ccccc2c1/C=C1\CNNC1=O. The van der Waals surface area contributed by atoms with E-state index < -0.39 is 0 Å². The minimum Gasteiger partial charge on any atom is -0.493 e. The first kappa shape index (κ1) is 13.6. The van der Waals surface area contributed by atoms with E-state index in [1.54, 1.807) is 0 Å². The van der Waals surface area contributed by atoms with Gasteiger partial charge in [0.05, 0.1) is 6.61 Å². The van der Waals surface area contributed by atoms with Crippen molar-refractivity contribution in [2.45, 2.75) is 13.3 Å². The van der Waals surface area contributed by atoms with Gasteiger partial charge in [-0.05, 0) is 29.3 Å². The smallest absolute Gasteiger partial charge is 0.262 e. The summed E-state index contributed by atoms with van der Waals surface area (Å²) in [5.74, 6) is 0.743. The molecule has 1 fully saturated rings. The Bertz CT molecular complexity index is 707. The standard InChI is InChI=1S/C17H18N2O2/c1-2-9-21-16-8-7-12-5-3-4-6-14(12)15(16)10-13-11-18-19-17(13)20/h3-8,10,18H,2,9,11H2,1H3,(H,19,20)/b13-10+. The summed E-state index contributed by atoms with van der Waals surface area (Å²) in [5.41, 5.74) is 7.13. The van der Waals surface area contributed by atoms with Gasteiger partial charge in [-0.3, -0.25) is 10.2 Å². The Morgan fingerprint density at radius 1 is 1.24 bits per heavy atom. The Labute approximate surface area is 123 Å². The van der Waals surface area contributed by atoms with Crippen LogP contribution in [0.4, 0.5) is 0 Å². The molecule has 1 saturated heterocycles. The molecule has 0 bridgehead atoms. The van der Waals surface area contributed by atoms with E-state index in [0.29, 0.717) is 18.7 Å². The summed E-state index contributed by atoms with van der Waals surface area (Å²) in [7, 11) is 0. The van der Waals surface area contributed by atoms with Gasteiger partial charge in [0.2, 0.25) is 0 Å². The van der Waals surface area contributed by atoms with E-state index in [0.717, 1.165) is 28.5 Å². The number of rotatable bonds is 4. The molecular formula is C17H18N2O2. The summed E-state index contributed by atoms with van der Waals surface area (Å²) < 4.78 is 5.84. The van der Waals surface area contributed by atoms with Crippen molar-refractivity contribution in [2.24, 2.45) is 0 Å². The van der Waals surface area contributed by atoms with Crippen LogP contribution in [0.1, 0.15) is 18.9 Å². The van der Waals surface area contributed by atoms with Gasteiger partial charge in [-0.1, -0.05) is 37.3 Å². The van der Waals surface area contributed by atoms with Gasteiger partial charge in [0.25, 0.3) is 5.91 Å². The predicted molar refractivity (Wildman–Crippen MR) is 83.9 cm³/mol. The number of carbonyl (C=O) groups is 1. The maximum atomic E-state index is 11.8. The van der Waals surface area contributed by atoms with Crippen LogP contribution in [0.2, 0.25) is 0 Å². The van der Waals surface area contributed by atoms with E-state index in [4.69, 9.17) is 4.74 Å². The van der Waals surface area contributed by atoms with E-state index in [1.165, 1.54) is 0 Å². The van der Waals surface area contributed by atoms with Crippen LogP contribution in [0.15, 0.2) is 42.0 Å². The summed E-state index contributed by atoms with van der Waals surface area (Å²) in [6.45, 7) is 3.27. The predicted octanol–water partition coefficient (Wildman–Crippen LogP) is 2.65. The first-order valence-corrected chi connectivity index (χ1v) is 7.18. The van der Waals surface area contributed by atoms with Crippen molar-refractivity contribution in [1.82, 2.24) is 10.9 Å². The highest BCUT2D eigenvalue weighted by molar-refractivity contribution is 6.03. The van der Waals surface area contributed by atoms with E-state index in [-0.39, 0.29) is 5.91 Å². The molecule has 0 saturated carbocycles. The number of nitrogens with one attached hydrogen (secondary N) is 2. The lowest BCUT2D eigenvalue weighted by molar-refractivity contribution is -0.116. The Hall–Kier alpha value is -2.33. The van der Waals surface area contributed by atoms with Gasteiger partial charge in [-0.25, -0.2) is 5.43 Å². The third kappa shape index (κ3) is 2.76. The number of ether oxygens (including phenoxy) is 1. The molecule has 2 aromatic rings. The van der Waals surface area contributed by atoms with Crippen molar-refractivity contribution in [3.05, 3.63) is 47.5 Å². The maximum Gasteiger partial charge on any atom is 0.262 e. The average molecular weight is 282 g/mol. The quantitative estimate of drug-likeness (QED) is 0.848. The number of carbonyl (C=O) groups excluding carboxylic acids is 1. The summed E-state index contributed by atoms with van der Waals surface area (Å²) in [6, 6.07) is 12.2. The zero-order chi connectivity index (χ0) is 14.7. The molecule has 108 valence electrons. The highest BCUT2D eigenvalue weighted by atomic mass is 16.5.